The molecule has 0 radical (unpaired) electrons. The Kier molecular flexibility index (Phi) is 5.71. The molecule has 0 atom stereocenters. The zero-order valence-corrected chi connectivity index (χ0v) is 10.8. The Morgan fingerprint density at radius 3 is 2.84 bits per heavy atom. The van der Waals surface area contributed by atoms with Crippen molar-refractivity contribution in [1.82, 2.24) is 4.90 Å². The number of ether oxygens (including phenoxy) is 1. The summed E-state index contributed by atoms with van der Waals surface area (Å²) in [5.74, 6) is 1.94. The molecule has 1 aromatic rings. The molecular formula is C14H17NO4. The van der Waals surface area contributed by atoms with Gasteiger partial charge >= 0.3 is 5.97 Å². The summed E-state index contributed by atoms with van der Waals surface area (Å²) in [6.45, 7) is 2.77. The monoisotopic (exact) mass is 263 g/mol. The van der Waals surface area contributed by atoms with Gasteiger partial charge in [0.25, 0.3) is 0 Å². The second-order valence-electron chi connectivity index (χ2n) is 3.98. The first kappa shape index (κ1) is 14.9. The summed E-state index contributed by atoms with van der Waals surface area (Å²) in [5.41, 5.74) is 0.831. The summed E-state index contributed by atoms with van der Waals surface area (Å²) in [6, 6.07) is 4.92. The predicted octanol–water partition coefficient (Wildman–Crippen LogP) is 1.31. The molecule has 2 N–H and O–H groups in total. The second kappa shape index (κ2) is 7.29. The van der Waals surface area contributed by atoms with Crippen LogP contribution in [-0.2, 0) is 11.3 Å². The number of nitrogens with zero attached hydrogens (tertiary/aromatic N) is 1. The number of benzene rings is 1. The molecule has 0 saturated carbocycles. The summed E-state index contributed by atoms with van der Waals surface area (Å²) in [7, 11) is 0. The maximum absolute atomic E-state index is 10.7. The molecule has 19 heavy (non-hydrogen) atoms. The van der Waals surface area contributed by atoms with Crippen LogP contribution in [-0.4, -0.2) is 40.8 Å². The fourth-order valence-corrected chi connectivity index (χ4v) is 1.67. The number of carboxylic acids is 1. The van der Waals surface area contributed by atoms with Crippen LogP contribution in [0.3, 0.4) is 0 Å². The van der Waals surface area contributed by atoms with Gasteiger partial charge < -0.3 is 14.9 Å². The van der Waals surface area contributed by atoms with Crippen LogP contribution >= 0.6 is 0 Å². The van der Waals surface area contributed by atoms with Gasteiger partial charge in [-0.15, -0.1) is 6.42 Å². The van der Waals surface area contributed by atoms with E-state index in [4.69, 9.17) is 16.3 Å². The molecule has 0 aliphatic rings. The first-order valence-electron chi connectivity index (χ1n) is 5.89. The molecule has 0 aliphatic carbocycles. The Labute approximate surface area is 112 Å². The van der Waals surface area contributed by atoms with Crippen molar-refractivity contribution in [3.8, 4) is 23.8 Å². The number of hydrogen-bond donors (Lipinski definition) is 2. The smallest absolute Gasteiger partial charge is 0.317 e. The van der Waals surface area contributed by atoms with E-state index < -0.39 is 5.97 Å². The molecular weight excluding hydrogens is 246 g/mol. The Morgan fingerprint density at radius 2 is 2.26 bits per heavy atom. The van der Waals surface area contributed by atoms with E-state index >= 15 is 0 Å². The van der Waals surface area contributed by atoms with Crippen LogP contribution in [0.25, 0.3) is 0 Å². The molecule has 102 valence electrons. The minimum Gasteiger partial charge on any atom is -0.504 e. The lowest BCUT2D eigenvalue weighted by Crippen LogP contribution is -2.29. The SMILES string of the molecule is C#CCN(CC(=O)O)Cc1ccc(O)c(OCC)c1. The Balaban J connectivity index is 2.81. The van der Waals surface area contributed by atoms with Crippen LogP contribution in [0.4, 0.5) is 0 Å². The topological polar surface area (TPSA) is 70.0 Å². The van der Waals surface area contributed by atoms with E-state index in [-0.39, 0.29) is 18.8 Å². The summed E-state index contributed by atoms with van der Waals surface area (Å²) < 4.78 is 5.27. The van der Waals surface area contributed by atoms with Crippen molar-refractivity contribution in [1.29, 1.82) is 0 Å². The van der Waals surface area contributed by atoms with Gasteiger partial charge in [0.15, 0.2) is 11.5 Å². The summed E-state index contributed by atoms with van der Waals surface area (Å²) in [5, 5.41) is 18.4. The number of carboxylic acid groups (broad SMARTS) is 1. The lowest BCUT2D eigenvalue weighted by molar-refractivity contribution is -0.138. The number of hydrogen-bond acceptors (Lipinski definition) is 4. The third kappa shape index (κ3) is 4.90. The van der Waals surface area contributed by atoms with E-state index in [1.54, 1.807) is 17.0 Å². The van der Waals surface area contributed by atoms with Gasteiger partial charge in [-0.05, 0) is 24.6 Å². The molecule has 0 heterocycles. The first-order chi connectivity index (χ1) is 9.06. The third-order valence-corrected chi connectivity index (χ3v) is 2.40. The molecule has 0 bridgehead atoms. The minimum atomic E-state index is -0.931. The van der Waals surface area contributed by atoms with Crippen LogP contribution in [0.15, 0.2) is 18.2 Å². The summed E-state index contributed by atoms with van der Waals surface area (Å²) >= 11 is 0. The molecule has 0 fully saturated rings. The molecule has 1 aromatic carbocycles. The Hall–Kier alpha value is -2.19. The van der Waals surface area contributed by atoms with E-state index in [0.29, 0.717) is 18.9 Å². The molecule has 0 saturated heterocycles. The van der Waals surface area contributed by atoms with E-state index in [9.17, 15) is 9.90 Å². The van der Waals surface area contributed by atoms with Gasteiger partial charge in [0.05, 0.1) is 19.7 Å². The highest BCUT2D eigenvalue weighted by atomic mass is 16.5. The second-order valence-corrected chi connectivity index (χ2v) is 3.98. The molecule has 0 unspecified atom stereocenters. The largest absolute Gasteiger partial charge is 0.504 e. The van der Waals surface area contributed by atoms with Crippen molar-refractivity contribution in [3.05, 3.63) is 23.8 Å². The highest BCUT2D eigenvalue weighted by molar-refractivity contribution is 5.69. The van der Waals surface area contributed by atoms with Crippen molar-refractivity contribution in [2.45, 2.75) is 13.5 Å². The lowest BCUT2D eigenvalue weighted by Gasteiger charge is -2.18. The highest BCUT2D eigenvalue weighted by Gasteiger charge is 2.11. The third-order valence-electron chi connectivity index (χ3n) is 2.40. The molecule has 0 aliphatic heterocycles. The van der Waals surface area contributed by atoms with Gasteiger partial charge in [-0.25, -0.2) is 0 Å². The van der Waals surface area contributed by atoms with E-state index in [1.807, 2.05) is 6.92 Å². The Bertz CT molecular complexity index is 479. The highest BCUT2D eigenvalue weighted by Crippen LogP contribution is 2.27. The molecule has 0 amide bonds. The number of terminal acetylenes is 1. The van der Waals surface area contributed by atoms with Gasteiger partial charge in [0, 0.05) is 6.54 Å². The normalized spacial score (nSPS) is 10.2. The minimum absolute atomic E-state index is 0.0623. The van der Waals surface area contributed by atoms with Crippen LogP contribution in [0.2, 0.25) is 0 Å². The van der Waals surface area contributed by atoms with Crippen LogP contribution in [0.1, 0.15) is 12.5 Å². The van der Waals surface area contributed by atoms with Gasteiger partial charge in [-0.2, -0.15) is 0 Å². The Morgan fingerprint density at radius 1 is 1.53 bits per heavy atom. The van der Waals surface area contributed by atoms with Crippen molar-refractivity contribution < 1.29 is 19.7 Å². The maximum atomic E-state index is 10.7. The fraction of sp³-hybridized carbons (Fsp3) is 0.357. The number of aromatic hydroxyl groups is 1. The molecule has 0 aromatic heterocycles. The quantitative estimate of drug-likeness (QED) is 0.726. The van der Waals surface area contributed by atoms with Gasteiger partial charge in [0.2, 0.25) is 0 Å². The predicted molar refractivity (Wildman–Crippen MR) is 71.0 cm³/mol. The summed E-state index contributed by atoms with van der Waals surface area (Å²) in [4.78, 5) is 12.3. The molecule has 0 spiro atoms. The van der Waals surface area contributed by atoms with Crippen molar-refractivity contribution in [2.24, 2.45) is 0 Å². The van der Waals surface area contributed by atoms with Gasteiger partial charge in [0.1, 0.15) is 0 Å². The fourth-order valence-electron chi connectivity index (χ4n) is 1.67. The van der Waals surface area contributed by atoms with Crippen molar-refractivity contribution in [3.63, 3.8) is 0 Å². The number of rotatable bonds is 7. The van der Waals surface area contributed by atoms with Gasteiger partial charge in [-0.1, -0.05) is 12.0 Å². The lowest BCUT2D eigenvalue weighted by atomic mass is 10.2. The average Bonchev–Trinajstić information content (AvgIpc) is 2.33. The van der Waals surface area contributed by atoms with Crippen LogP contribution in [0, 0.1) is 12.3 Å². The van der Waals surface area contributed by atoms with Gasteiger partial charge in [-0.3, -0.25) is 9.69 Å². The van der Waals surface area contributed by atoms with E-state index in [0.717, 1.165) is 5.56 Å². The van der Waals surface area contributed by atoms with Crippen LogP contribution < -0.4 is 4.74 Å². The first-order valence-corrected chi connectivity index (χ1v) is 5.89. The van der Waals surface area contributed by atoms with E-state index in [1.165, 1.54) is 6.07 Å². The number of aliphatic carboxylic acids is 1. The molecule has 5 heteroatoms. The average molecular weight is 263 g/mol. The zero-order chi connectivity index (χ0) is 14.3. The maximum Gasteiger partial charge on any atom is 0.317 e. The zero-order valence-electron chi connectivity index (χ0n) is 10.8. The summed E-state index contributed by atoms with van der Waals surface area (Å²) in [6.07, 6.45) is 5.21. The molecule has 1 rings (SSSR count). The van der Waals surface area contributed by atoms with Crippen molar-refractivity contribution in [2.75, 3.05) is 19.7 Å². The molecule has 5 nitrogen and oxygen atoms in total. The number of phenols is 1. The number of carbonyl (C=O) groups is 1. The van der Waals surface area contributed by atoms with Crippen LogP contribution in [0.5, 0.6) is 11.5 Å². The van der Waals surface area contributed by atoms with Crippen molar-refractivity contribution >= 4 is 5.97 Å². The standard InChI is InChI=1S/C14H17NO4/c1-3-7-15(10-14(17)18)9-11-5-6-12(16)13(8-11)19-4-2/h1,5-6,8,16H,4,7,9-10H2,2H3,(H,17,18). The van der Waals surface area contributed by atoms with E-state index in [2.05, 4.69) is 5.92 Å². The number of phenolic OH excluding ortho intramolecular Hbond substituents is 1.